The number of ether oxygens (including phenoxy) is 1. The summed E-state index contributed by atoms with van der Waals surface area (Å²) in [6.45, 7) is 3.98. The van der Waals surface area contributed by atoms with Crippen LogP contribution < -0.4 is 15.2 Å². The fourth-order valence-electron chi connectivity index (χ4n) is 3.27. The van der Waals surface area contributed by atoms with Crippen molar-refractivity contribution < 1.29 is 4.74 Å². The van der Waals surface area contributed by atoms with Crippen LogP contribution in [0.1, 0.15) is 0 Å². The van der Waals surface area contributed by atoms with Gasteiger partial charge in [0.2, 0.25) is 0 Å². The molecule has 0 spiro atoms. The Labute approximate surface area is 152 Å². The molecule has 3 aromatic rings. The van der Waals surface area contributed by atoms with Crippen LogP contribution in [0, 0.1) is 0 Å². The molecule has 0 N–H and O–H groups in total. The maximum absolute atomic E-state index is 12.7. The Hall–Kier alpha value is -2.86. The maximum Gasteiger partial charge on any atom is 0.258 e. The highest BCUT2D eigenvalue weighted by Crippen LogP contribution is 2.22. The van der Waals surface area contributed by atoms with Gasteiger partial charge in [-0.15, -0.1) is 0 Å². The zero-order valence-electron chi connectivity index (χ0n) is 15.1. The number of benzene rings is 1. The monoisotopic (exact) mass is 350 g/mol. The molecule has 4 rings (SSSR count). The molecule has 2 aromatic heterocycles. The molecule has 26 heavy (non-hydrogen) atoms. The number of piperazine rings is 1. The van der Waals surface area contributed by atoms with Crippen molar-refractivity contribution in [3.05, 3.63) is 59.0 Å². The maximum atomic E-state index is 12.7. The van der Waals surface area contributed by atoms with E-state index < -0.39 is 0 Å². The molecule has 0 atom stereocenters. The third kappa shape index (κ3) is 3.15. The fraction of sp³-hybridized carbons (Fsp3) is 0.300. The van der Waals surface area contributed by atoms with Gasteiger partial charge in [0.15, 0.2) is 0 Å². The molecule has 0 amide bonds. The summed E-state index contributed by atoms with van der Waals surface area (Å²) >= 11 is 0. The van der Waals surface area contributed by atoms with E-state index in [0.29, 0.717) is 11.3 Å². The second kappa shape index (κ2) is 6.80. The highest BCUT2D eigenvalue weighted by atomic mass is 16.5. The Morgan fingerprint density at radius 3 is 2.62 bits per heavy atom. The predicted molar refractivity (Wildman–Crippen MR) is 103 cm³/mol. The quantitative estimate of drug-likeness (QED) is 0.724. The molecule has 1 aliphatic heterocycles. The molecular formula is C20H22N4O2. The molecular weight excluding hydrogens is 328 g/mol. The lowest BCUT2D eigenvalue weighted by Crippen LogP contribution is -2.44. The highest BCUT2D eigenvalue weighted by Gasteiger charge is 2.15. The van der Waals surface area contributed by atoms with E-state index in [4.69, 9.17) is 4.74 Å². The van der Waals surface area contributed by atoms with Gasteiger partial charge >= 0.3 is 0 Å². The lowest BCUT2D eigenvalue weighted by atomic mass is 10.1. The number of nitrogens with zero attached hydrogens (tertiary/aromatic N) is 4. The van der Waals surface area contributed by atoms with E-state index in [1.165, 1.54) is 0 Å². The van der Waals surface area contributed by atoms with Gasteiger partial charge < -0.3 is 14.5 Å². The second-order valence-corrected chi connectivity index (χ2v) is 6.62. The number of pyridine rings is 1. The van der Waals surface area contributed by atoms with Gasteiger partial charge in [-0.05, 0) is 31.3 Å². The summed E-state index contributed by atoms with van der Waals surface area (Å²) in [5, 5.41) is 0. The number of anilines is 1. The Kier molecular flexibility index (Phi) is 4.34. The van der Waals surface area contributed by atoms with Gasteiger partial charge in [0.1, 0.15) is 11.4 Å². The molecule has 0 unspecified atom stereocenters. The van der Waals surface area contributed by atoms with E-state index >= 15 is 0 Å². The Bertz CT molecular complexity index is 991. The van der Waals surface area contributed by atoms with Gasteiger partial charge in [-0.25, -0.2) is 4.98 Å². The molecule has 6 heteroatoms. The minimum atomic E-state index is -0.0798. The van der Waals surface area contributed by atoms with Gasteiger partial charge in [-0.2, -0.15) is 0 Å². The Morgan fingerprint density at radius 2 is 1.85 bits per heavy atom. The number of hydrogen-bond donors (Lipinski definition) is 0. The number of rotatable bonds is 3. The van der Waals surface area contributed by atoms with Crippen LogP contribution in [0.2, 0.25) is 0 Å². The lowest BCUT2D eigenvalue weighted by molar-refractivity contribution is 0.313. The number of methoxy groups -OCH3 is 1. The molecule has 1 aliphatic rings. The van der Waals surface area contributed by atoms with Crippen molar-refractivity contribution in [2.24, 2.45) is 0 Å². The van der Waals surface area contributed by atoms with E-state index in [2.05, 4.69) is 21.8 Å². The summed E-state index contributed by atoms with van der Waals surface area (Å²) < 4.78 is 6.89. The van der Waals surface area contributed by atoms with Gasteiger partial charge in [0.05, 0.1) is 18.5 Å². The molecule has 0 aliphatic carbocycles. The second-order valence-electron chi connectivity index (χ2n) is 6.62. The first kappa shape index (κ1) is 16.6. The number of fused-ring (bicyclic) bond motifs is 1. The van der Waals surface area contributed by atoms with Gasteiger partial charge in [0.25, 0.3) is 5.56 Å². The molecule has 3 heterocycles. The molecule has 6 nitrogen and oxygen atoms in total. The van der Waals surface area contributed by atoms with Crippen LogP contribution >= 0.6 is 0 Å². The smallest absolute Gasteiger partial charge is 0.258 e. The fourth-order valence-corrected chi connectivity index (χ4v) is 3.27. The van der Waals surface area contributed by atoms with Gasteiger partial charge in [0, 0.05) is 44.0 Å². The summed E-state index contributed by atoms with van der Waals surface area (Å²) in [5.74, 6) is 0.745. The van der Waals surface area contributed by atoms with Gasteiger partial charge in [-0.3, -0.25) is 9.20 Å². The number of hydrogen-bond acceptors (Lipinski definition) is 5. The minimum absolute atomic E-state index is 0.0798. The molecule has 1 fully saturated rings. The zero-order chi connectivity index (χ0) is 18.1. The van der Waals surface area contributed by atoms with E-state index in [9.17, 15) is 4.79 Å². The Balaban J connectivity index is 1.72. The third-order valence-corrected chi connectivity index (χ3v) is 4.88. The topological polar surface area (TPSA) is 50.1 Å². The van der Waals surface area contributed by atoms with Crippen LogP contribution in [-0.2, 0) is 0 Å². The number of aromatic nitrogens is 2. The molecule has 0 radical (unpaired) electrons. The summed E-state index contributed by atoms with van der Waals surface area (Å²) in [6.07, 6.45) is 1.89. The molecule has 0 bridgehead atoms. The summed E-state index contributed by atoms with van der Waals surface area (Å²) in [6, 6.07) is 13.1. The van der Waals surface area contributed by atoms with Crippen LogP contribution in [0.15, 0.2) is 53.5 Å². The first-order valence-electron chi connectivity index (χ1n) is 8.75. The summed E-state index contributed by atoms with van der Waals surface area (Å²) in [4.78, 5) is 22.0. The lowest BCUT2D eigenvalue weighted by Gasteiger charge is -2.34. The van der Waals surface area contributed by atoms with Crippen molar-refractivity contribution >= 4 is 11.3 Å². The Morgan fingerprint density at radius 1 is 1.04 bits per heavy atom. The van der Waals surface area contributed by atoms with Crippen molar-refractivity contribution in [3.63, 3.8) is 0 Å². The van der Waals surface area contributed by atoms with Crippen molar-refractivity contribution in [1.82, 2.24) is 14.3 Å². The molecule has 1 aromatic carbocycles. The van der Waals surface area contributed by atoms with Crippen LogP contribution in [-0.4, -0.2) is 54.6 Å². The predicted octanol–water partition coefficient (Wildman–Crippen LogP) is 2.12. The van der Waals surface area contributed by atoms with E-state index in [1.54, 1.807) is 17.6 Å². The van der Waals surface area contributed by atoms with Crippen molar-refractivity contribution in [2.45, 2.75) is 0 Å². The molecule has 1 saturated heterocycles. The van der Waals surface area contributed by atoms with Crippen molar-refractivity contribution in [3.8, 4) is 17.0 Å². The normalized spacial score (nSPS) is 15.4. The van der Waals surface area contributed by atoms with Crippen LogP contribution in [0.25, 0.3) is 16.9 Å². The first-order valence-corrected chi connectivity index (χ1v) is 8.75. The summed E-state index contributed by atoms with van der Waals surface area (Å²) in [5.41, 5.74) is 3.15. The zero-order valence-corrected chi connectivity index (χ0v) is 15.1. The largest absolute Gasteiger partial charge is 0.497 e. The third-order valence-electron chi connectivity index (χ3n) is 4.88. The van der Waals surface area contributed by atoms with Crippen LogP contribution in [0.5, 0.6) is 5.75 Å². The number of likely N-dealkylation sites (N-methyl/N-ethyl adjacent to an activating group) is 1. The average Bonchev–Trinajstić information content (AvgIpc) is 2.68. The van der Waals surface area contributed by atoms with E-state index in [-0.39, 0.29) is 5.56 Å². The molecule has 134 valence electrons. The molecule has 0 saturated carbocycles. The highest BCUT2D eigenvalue weighted by molar-refractivity contribution is 5.64. The van der Waals surface area contributed by atoms with E-state index in [0.717, 1.165) is 43.2 Å². The summed E-state index contributed by atoms with van der Waals surface area (Å²) in [7, 11) is 3.76. The SMILES string of the molecule is COc1cccc(-c2cc(=O)n3cc(N4CCN(C)CC4)ccc3n2)c1. The van der Waals surface area contributed by atoms with E-state index in [1.807, 2.05) is 42.6 Å². The first-order chi connectivity index (χ1) is 12.6. The van der Waals surface area contributed by atoms with Crippen LogP contribution in [0.3, 0.4) is 0 Å². The standard InChI is InChI=1S/C20H22N4O2/c1-22-8-10-23(11-9-22)16-6-7-19-21-18(13-20(25)24(19)14-16)15-4-3-5-17(12-15)26-2/h3-7,12-14H,8-11H2,1-2H3. The van der Waals surface area contributed by atoms with Crippen molar-refractivity contribution in [2.75, 3.05) is 45.2 Å². The van der Waals surface area contributed by atoms with Crippen molar-refractivity contribution in [1.29, 1.82) is 0 Å². The van der Waals surface area contributed by atoms with Gasteiger partial charge in [-0.1, -0.05) is 12.1 Å². The average molecular weight is 350 g/mol. The minimum Gasteiger partial charge on any atom is -0.497 e. The van der Waals surface area contributed by atoms with Crippen LogP contribution in [0.4, 0.5) is 5.69 Å².